The summed E-state index contributed by atoms with van der Waals surface area (Å²) in [5, 5.41) is 0. The number of carbonyl (C=O) groups is 1. The van der Waals surface area contributed by atoms with E-state index < -0.39 is 11.6 Å². The summed E-state index contributed by atoms with van der Waals surface area (Å²) in [5.74, 6) is -0.933. The van der Waals surface area contributed by atoms with Crippen LogP contribution in [0.3, 0.4) is 0 Å². The first-order chi connectivity index (χ1) is 17.0. The molecule has 0 saturated heterocycles. The topological polar surface area (TPSA) is 35.5 Å². The number of esters is 1. The van der Waals surface area contributed by atoms with E-state index in [1.54, 1.807) is 24.3 Å². The van der Waals surface area contributed by atoms with Gasteiger partial charge >= 0.3 is 5.97 Å². The van der Waals surface area contributed by atoms with E-state index in [1.807, 2.05) is 0 Å². The molecule has 2 aromatic carbocycles. The lowest BCUT2D eigenvalue weighted by atomic mass is 9.88. The standard InChI is InChI=1S/C30H36F2O3/c1-3-5-6-7-19-34-27-18-17-24(28(31)29(27)32)21-9-12-22(13-10-21)35-30(33)26-16-15-23-20(8-4-2)11-14-25(23)26/h9-13,17-18,23,25-26H,3-8,14-16,19H2,1-2H3. The van der Waals surface area contributed by atoms with Gasteiger partial charge in [-0.25, -0.2) is 4.39 Å². The van der Waals surface area contributed by atoms with Crippen LogP contribution in [0, 0.1) is 29.4 Å². The van der Waals surface area contributed by atoms with E-state index in [1.165, 1.54) is 17.7 Å². The van der Waals surface area contributed by atoms with Gasteiger partial charge in [-0.2, -0.15) is 4.39 Å². The fourth-order valence-electron chi connectivity index (χ4n) is 5.64. The fraction of sp³-hybridized carbons (Fsp3) is 0.500. The number of unbranched alkanes of at least 4 members (excludes halogenated alkanes) is 3. The minimum atomic E-state index is -0.975. The third-order valence-corrected chi connectivity index (χ3v) is 7.48. The minimum absolute atomic E-state index is 0.0633. The predicted molar refractivity (Wildman–Crippen MR) is 134 cm³/mol. The molecule has 2 aromatic rings. The monoisotopic (exact) mass is 482 g/mol. The van der Waals surface area contributed by atoms with Gasteiger partial charge in [0.05, 0.1) is 12.5 Å². The Hall–Kier alpha value is -2.69. The zero-order valence-electron chi connectivity index (χ0n) is 20.8. The van der Waals surface area contributed by atoms with Crippen LogP contribution < -0.4 is 9.47 Å². The Bertz CT molecular complexity index is 1040. The second kappa shape index (κ2) is 11.8. The molecule has 0 bridgehead atoms. The molecule has 0 amide bonds. The van der Waals surface area contributed by atoms with Crippen molar-refractivity contribution >= 4 is 5.97 Å². The van der Waals surface area contributed by atoms with Crippen LogP contribution >= 0.6 is 0 Å². The number of halogens is 2. The number of hydrogen-bond donors (Lipinski definition) is 0. The molecule has 2 aliphatic carbocycles. The van der Waals surface area contributed by atoms with Crippen molar-refractivity contribution in [2.24, 2.45) is 17.8 Å². The number of ether oxygens (including phenoxy) is 2. The van der Waals surface area contributed by atoms with Gasteiger partial charge in [0.25, 0.3) is 0 Å². The van der Waals surface area contributed by atoms with Crippen molar-refractivity contribution < 1.29 is 23.0 Å². The molecule has 3 atom stereocenters. The molecule has 0 heterocycles. The van der Waals surface area contributed by atoms with Crippen LogP contribution in [0.4, 0.5) is 8.78 Å². The van der Waals surface area contributed by atoms with Crippen LogP contribution in [0.1, 0.15) is 71.6 Å². The van der Waals surface area contributed by atoms with E-state index in [0.29, 0.717) is 29.8 Å². The van der Waals surface area contributed by atoms with Gasteiger partial charge in [0, 0.05) is 5.56 Å². The summed E-state index contributed by atoms with van der Waals surface area (Å²) >= 11 is 0. The highest BCUT2D eigenvalue weighted by Gasteiger charge is 2.44. The largest absolute Gasteiger partial charge is 0.490 e. The van der Waals surface area contributed by atoms with E-state index in [4.69, 9.17) is 9.47 Å². The Balaban J connectivity index is 1.36. The van der Waals surface area contributed by atoms with Gasteiger partial charge < -0.3 is 9.47 Å². The van der Waals surface area contributed by atoms with Crippen molar-refractivity contribution in [3.63, 3.8) is 0 Å². The Morgan fingerprint density at radius 3 is 2.49 bits per heavy atom. The lowest BCUT2D eigenvalue weighted by Crippen LogP contribution is -2.25. The van der Waals surface area contributed by atoms with Gasteiger partial charge in [-0.3, -0.25) is 4.79 Å². The van der Waals surface area contributed by atoms with Gasteiger partial charge in [0.15, 0.2) is 11.6 Å². The summed E-state index contributed by atoms with van der Waals surface area (Å²) < 4.78 is 40.4. The molecular weight excluding hydrogens is 446 g/mol. The average molecular weight is 483 g/mol. The lowest BCUT2D eigenvalue weighted by molar-refractivity contribution is -0.140. The highest BCUT2D eigenvalue weighted by molar-refractivity contribution is 5.76. The molecule has 2 aliphatic rings. The maximum atomic E-state index is 14.8. The summed E-state index contributed by atoms with van der Waals surface area (Å²) in [4.78, 5) is 12.9. The smallest absolute Gasteiger partial charge is 0.314 e. The van der Waals surface area contributed by atoms with Gasteiger partial charge in [0.1, 0.15) is 5.75 Å². The molecule has 0 radical (unpaired) electrons. The molecule has 0 aliphatic heterocycles. The van der Waals surface area contributed by atoms with E-state index in [-0.39, 0.29) is 23.2 Å². The molecule has 5 heteroatoms. The summed E-state index contributed by atoms with van der Waals surface area (Å²) in [7, 11) is 0. The molecule has 0 spiro atoms. The maximum Gasteiger partial charge on any atom is 0.314 e. The molecule has 188 valence electrons. The van der Waals surface area contributed by atoms with Crippen LogP contribution in [-0.4, -0.2) is 12.6 Å². The summed E-state index contributed by atoms with van der Waals surface area (Å²) in [6.45, 7) is 4.68. The van der Waals surface area contributed by atoms with Crippen molar-refractivity contribution in [1.82, 2.24) is 0 Å². The molecule has 0 aromatic heterocycles. The quantitative estimate of drug-likeness (QED) is 0.140. The van der Waals surface area contributed by atoms with Crippen LogP contribution in [0.2, 0.25) is 0 Å². The van der Waals surface area contributed by atoms with Crippen molar-refractivity contribution in [1.29, 1.82) is 0 Å². The molecule has 1 saturated carbocycles. The fourth-order valence-corrected chi connectivity index (χ4v) is 5.64. The Labute approximate surface area is 207 Å². The number of allylic oxidation sites excluding steroid dienone is 2. The van der Waals surface area contributed by atoms with Crippen molar-refractivity contribution in [3.8, 4) is 22.6 Å². The second-order valence-electron chi connectivity index (χ2n) is 9.81. The number of benzene rings is 2. The molecule has 4 rings (SSSR count). The van der Waals surface area contributed by atoms with E-state index in [0.717, 1.165) is 57.8 Å². The van der Waals surface area contributed by atoms with Crippen molar-refractivity contribution in [2.45, 2.75) is 71.6 Å². The van der Waals surface area contributed by atoms with Crippen LogP contribution in [0.15, 0.2) is 48.0 Å². The van der Waals surface area contributed by atoms with Gasteiger partial charge in [0.2, 0.25) is 5.82 Å². The molecule has 35 heavy (non-hydrogen) atoms. The third kappa shape index (κ3) is 5.76. The van der Waals surface area contributed by atoms with Crippen LogP contribution in [-0.2, 0) is 4.79 Å². The second-order valence-corrected chi connectivity index (χ2v) is 9.81. The Morgan fingerprint density at radius 2 is 1.74 bits per heavy atom. The van der Waals surface area contributed by atoms with E-state index in [2.05, 4.69) is 19.9 Å². The number of carbonyl (C=O) groups excluding carboxylic acids is 1. The summed E-state index contributed by atoms with van der Waals surface area (Å²) in [5.41, 5.74) is 2.18. The highest BCUT2D eigenvalue weighted by atomic mass is 19.2. The van der Waals surface area contributed by atoms with E-state index >= 15 is 0 Å². The third-order valence-electron chi connectivity index (χ3n) is 7.48. The molecule has 3 nitrogen and oxygen atoms in total. The van der Waals surface area contributed by atoms with Crippen LogP contribution in [0.25, 0.3) is 11.1 Å². The first kappa shape index (κ1) is 25.4. The van der Waals surface area contributed by atoms with Gasteiger partial charge in [-0.05, 0) is 73.8 Å². The predicted octanol–water partition coefficient (Wildman–Crippen LogP) is 8.27. The first-order valence-corrected chi connectivity index (χ1v) is 13.1. The van der Waals surface area contributed by atoms with Crippen LogP contribution in [0.5, 0.6) is 11.5 Å². The minimum Gasteiger partial charge on any atom is -0.490 e. The summed E-state index contributed by atoms with van der Waals surface area (Å²) in [6.07, 6.45) is 11.5. The van der Waals surface area contributed by atoms with E-state index in [9.17, 15) is 13.6 Å². The lowest BCUT2D eigenvalue weighted by Gasteiger charge is -2.19. The SMILES string of the molecule is CCCCCCOc1ccc(-c2ccc(OC(=O)C3CCC4C(CCC)=CCC34)cc2)c(F)c1F. The zero-order valence-corrected chi connectivity index (χ0v) is 20.8. The number of hydrogen-bond acceptors (Lipinski definition) is 3. The Morgan fingerprint density at radius 1 is 0.943 bits per heavy atom. The Kier molecular flexibility index (Phi) is 8.59. The summed E-state index contributed by atoms with van der Waals surface area (Å²) in [6, 6.07) is 9.59. The first-order valence-electron chi connectivity index (χ1n) is 13.1. The number of rotatable bonds is 11. The van der Waals surface area contributed by atoms with Gasteiger partial charge in [-0.15, -0.1) is 0 Å². The maximum absolute atomic E-state index is 14.8. The molecule has 1 fully saturated rings. The van der Waals surface area contributed by atoms with Gasteiger partial charge in [-0.1, -0.05) is 63.3 Å². The van der Waals surface area contributed by atoms with Crippen molar-refractivity contribution in [3.05, 3.63) is 59.7 Å². The normalized spacial score (nSPS) is 21.0. The molecular formula is C30H36F2O3. The van der Waals surface area contributed by atoms with Crippen molar-refractivity contribution in [2.75, 3.05) is 6.61 Å². The average Bonchev–Trinajstić information content (AvgIpc) is 3.45. The molecule has 3 unspecified atom stereocenters. The zero-order chi connectivity index (χ0) is 24.8. The number of fused-ring (bicyclic) bond motifs is 1. The highest BCUT2D eigenvalue weighted by Crippen LogP contribution is 2.49. The molecule has 0 N–H and O–H groups in total.